The van der Waals surface area contributed by atoms with Crippen LogP contribution in [-0.4, -0.2) is 89.7 Å². The Kier molecular flexibility index (Phi) is 4.61. The molecule has 1 unspecified atom stereocenters. The fourth-order valence-electron chi connectivity index (χ4n) is 4.77. The first-order valence-corrected chi connectivity index (χ1v) is 9.43. The van der Waals surface area contributed by atoms with Gasteiger partial charge in [-0.15, -0.1) is 0 Å². The highest BCUT2D eigenvalue weighted by Gasteiger charge is 2.42. The molecule has 4 fully saturated rings. The van der Waals surface area contributed by atoms with Crippen LogP contribution in [0.15, 0.2) is 0 Å². The maximum absolute atomic E-state index is 13.0. The van der Waals surface area contributed by atoms with Gasteiger partial charge >= 0.3 is 0 Å². The molecule has 0 radical (unpaired) electrons. The van der Waals surface area contributed by atoms with E-state index >= 15 is 0 Å². The lowest BCUT2D eigenvalue weighted by molar-refractivity contribution is -0.147. The molecule has 1 saturated carbocycles. The van der Waals surface area contributed by atoms with Crippen molar-refractivity contribution in [2.24, 2.45) is 0 Å². The van der Waals surface area contributed by atoms with Crippen molar-refractivity contribution in [1.29, 1.82) is 5.26 Å². The number of carbonyl (C=O) groups is 1. The van der Waals surface area contributed by atoms with Crippen LogP contribution in [0.25, 0.3) is 0 Å². The molecule has 3 saturated heterocycles. The van der Waals surface area contributed by atoms with E-state index < -0.39 is 0 Å². The molecule has 0 aromatic rings. The van der Waals surface area contributed by atoms with Crippen LogP contribution in [0.2, 0.25) is 0 Å². The molecular weight excluding hydrogens is 304 g/mol. The quantitative estimate of drug-likeness (QED) is 0.708. The van der Waals surface area contributed by atoms with E-state index in [2.05, 4.69) is 21.3 Å². The topological polar surface area (TPSA) is 65.9 Å². The second kappa shape index (κ2) is 6.87. The summed E-state index contributed by atoms with van der Waals surface area (Å²) in [6.07, 6.45) is 9.00. The van der Waals surface area contributed by atoms with Gasteiger partial charge in [-0.05, 0) is 12.8 Å². The summed E-state index contributed by atoms with van der Waals surface area (Å²) in [5, 5.41) is 12.7. The maximum atomic E-state index is 13.0. The summed E-state index contributed by atoms with van der Waals surface area (Å²) in [7, 11) is 0. The van der Waals surface area contributed by atoms with Gasteiger partial charge in [0.25, 0.3) is 0 Å². The number of piperazine rings is 2. The number of fused-ring (bicyclic) bond motifs is 1. The first kappa shape index (κ1) is 16.1. The van der Waals surface area contributed by atoms with E-state index in [-0.39, 0.29) is 18.1 Å². The molecule has 0 aromatic heterocycles. The van der Waals surface area contributed by atoms with Crippen molar-refractivity contribution in [1.82, 2.24) is 24.9 Å². The SMILES string of the molecule is N#CN1CCN2CCN(C3CN(C4CCCCC4)CN3)C(=O)[C@H]2C1. The minimum absolute atomic E-state index is 0.138. The van der Waals surface area contributed by atoms with Crippen LogP contribution >= 0.6 is 0 Å². The normalized spacial score (nSPS) is 33.5. The zero-order valence-electron chi connectivity index (χ0n) is 14.4. The Balaban J connectivity index is 1.38. The number of hydrogen-bond acceptors (Lipinski definition) is 6. The fraction of sp³-hybridized carbons (Fsp3) is 0.882. The summed E-state index contributed by atoms with van der Waals surface area (Å²) in [5.74, 6) is 0.198. The van der Waals surface area contributed by atoms with E-state index in [0.717, 1.165) is 39.4 Å². The van der Waals surface area contributed by atoms with Gasteiger partial charge in [0.1, 0.15) is 6.04 Å². The lowest BCUT2D eigenvalue weighted by Gasteiger charge is -2.46. The van der Waals surface area contributed by atoms with Crippen molar-refractivity contribution in [3.63, 3.8) is 0 Å². The summed E-state index contributed by atoms with van der Waals surface area (Å²) < 4.78 is 0. The molecule has 1 N–H and O–H groups in total. The van der Waals surface area contributed by atoms with Crippen molar-refractivity contribution in [2.45, 2.75) is 50.4 Å². The molecule has 3 aliphatic heterocycles. The lowest BCUT2D eigenvalue weighted by Crippen LogP contribution is -2.67. The van der Waals surface area contributed by atoms with Crippen LogP contribution in [0.3, 0.4) is 0 Å². The van der Waals surface area contributed by atoms with Crippen LogP contribution in [0, 0.1) is 11.5 Å². The molecule has 3 heterocycles. The third-order valence-electron chi connectivity index (χ3n) is 6.23. The summed E-state index contributed by atoms with van der Waals surface area (Å²) in [6, 6.07) is 0.550. The number of rotatable bonds is 2. The summed E-state index contributed by atoms with van der Waals surface area (Å²) >= 11 is 0. The maximum Gasteiger partial charge on any atom is 0.243 e. The first-order valence-electron chi connectivity index (χ1n) is 9.43. The van der Waals surface area contributed by atoms with E-state index in [1.807, 2.05) is 4.90 Å². The van der Waals surface area contributed by atoms with Crippen LogP contribution in [0.1, 0.15) is 32.1 Å². The number of nitriles is 1. The average Bonchev–Trinajstić information content (AvgIpc) is 3.12. The zero-order chi connectivity index (χ0) is 16.5. The molecule has 4 aliphatic rings. The molecule has 1 amide bonds. The van der Waals surface area contributed by atoms with Gasteiger partial charge in [0.05, 0.1) is 19.4 Å². The number of carbonyl (C=O) groups excluding carboxylic acids is 1. The Morgan fingerprint density at radius 2 is 1.79 bits per heavy atom. The van der Waals surface area contributed by atoms with E-state index in [0.29, 0.717) is 12.6 Å². The fourth-order valence-corrected chi connectivity index (χ4v) is 4.77. The van der Waals surface area contributed by atoms with Crippen LogP contribution in [0.4, 0.5) is 0 Å². The van der Waals surface area contributed by atoms with Crippen LogP contribution in [0.5, 0.6) is 0 Å². The Morgan fingerprint density at radius 3 is 2.58 bits per heavy atom. The van der Waals surface area contributed by atoms with Crippen molar-refractivity contribution in [2.75, 3.05) is 45.9 Å². The Bertz CT molecular complexity index is 514. The highest BCUT2D eigenvalue weighted by molar-refractivity contribution is 5.83. The number of nitrogens with one attached hydrogen (secondary N) is 1. The van der Waals surface area contributed by atoms with E-state index in [9.17, 15) is 4.79 Å². The Labute approximate surface area is 144 Å². The third-order valence-corrected chi connectivity index (χ3v) is 6.23. The molecule has 2 atom stereocenters. The molecule has 0 bridgehead atoms. The Morgan fingerprint density at radius 1 is 1.00 bits per heavy atom. The van der Waals surface area contributed by atoms with Gasteiger partial charge in [-0.25, -0.2) is 0 Å². The molecular formula is C17H28N6O. The molecule has 0 spiro atoms. The minimum atomic E-state index is -0.141. The smallest absolute Gasteiger partial charge is 0.243 e. The predicted molar refractivity (Wildman–Crippen MR) is 89.6 cm³/mol. The molecule has 0 aromatic carbocycles. The molecule has 4 rings (SSSR count). The summed E-state index contributed by atoms with van der Waals surface area (Å²) in [5.41, 5.74) is 0. The summed E-state index contributed by atoms with van der Waals surface area (Å²) in [4.78, 5) is 21.5. The summed E-state index contributed by atoms with van der Waals surface area (Å²) in [6.45, 7) is 5.70. The largest absolute Gasteiger partial charge is 0.323 e. The van der Waals surface area contributed by atoms with Crippen LogP contribution < -0.4 is 5.32 Å². The molecule has 1 aliphatic carbocycles. The van der Waals surface area contributed by atoms with Crippen molar-refractivity contribution < 1.29 is 4.79 Å². The molecule has 7 heteroatoms. The first-order chi connectivity index (χ1) is 11.8. The monoisotopic (exact) mass is 332 g/mol. The van der Waals surface area contributed by atoms with Gasteiger partial charge in [-0.2, -0.15) is 5.26 Å². The van der Waals surface area contributed by atoms with Crippen molar-refractivity contribution >= 4 is 5.91 Å². The van der Waals surface area contributed by atoms with E-state index in [1.165, 1.54) is 32.1 Å². The predicted octanol–water partition coefficient (Wildman–Crippen LogP) is -0.183. The van der Waals surface area contributed by atoms with E-state index in [1.54, 1.807) is 4.90 Å². The van der Waals surface area contributed by atoms with Gasteiger partial charge in [-0.1, -0.05) is 19.3 Å². The molecule has 132 valence electrons. The number of hydrogen-bond donors (Lipinski definition) is 1. The minimum Gasteiger partial charge on any atom is -0.323 e. The van der Waals surface area contributed by atoms with Crippen molar-refractivity contribution in [3.8, 4) is 6.19 Å². The second-order valence-electron chi connectivity index (χ2n) is 7.57. The second-order valence-corrected chi connectivity index (χ2v) is 7.57. The zero-order valence-corrected chi connectivity index (χ0v) is 14.4. The van der Waals surface area contributed by atoms with Gasteiger partial charge in [0.2, 0.25) is 5.91 Å². The highest BCUT2D eigenvalue weighted by atomic mass is 16.2. The highest BCUT2D eigenvalue weighted by Crippen LogP contribution is 2.25. The van der Waals surface area contributed by atoms with Gasteiger partial charge in [0, 0.05) is 38.8 Å². The van der Waals surface area contributed by atoms with Gasteiger partial charge in [0.15, 0.2) is 6.19 Å². The van der Waals surface area contributed by atoms with E-state index in [4.69, 9.17) is 5.26 Å². The number of nitrogens with zero attached hydrogens (tertiary/aromatic N) is 5. The van der Waals surface area contributed by atoms with Crippen molar-refractivity contribution in [3.05, 3.63) is 0 Å². The lowest BCUT2D eigenvalue weighted by atomic mass is 9.94. The van der Waals surface area contributed by atoms with Gasteiger partial charge in [-0.3, -0.25) is 19.9 Å². The number of amides is 1. The Hall–Kier alpha value is -1.36. The van der Waals surface area contributed by atoms with Gasteiger partial charge < -0.3 is 9.80 Å². The molecule has 24 heavy (non-hydrogen) atoms. The molecule has 7 nitrogen and oxygen atoms in total. The standard InChI is InChI=1S/C17H28N6O/c18-12-20-6-7-21-8-9-23(17(24)15(21)10-20)16-11-22(13-19-16)14-4-2-1-3-5-14/h14-16,19H,1-11,13H2/t15-,16?/m1/s1. The van der Waals surface area contributed by atoms with Crippen LogP contribution in [-0.2, 0) is 4.79 Å². The third kappa shape index (κ3) is 2.99. The average molecular weight is 332 g/mol.